The van der Waals surface area contributed by atoms with E-state index in [4.69, 9.17) is 9.47 Å². The minimum atomic E-state index is 0.00923. The standard InChI is InChI=1S/C25H33N3O3/c1-2-31-23-10-8-22(9-11-23)24-7-4-12-28(24)25(29)26-18-20-5-3-6-21(17-20)19-27-13-15-30-16-14-27/h3,5-6,8-11,17,24H,2,4,7,12-16,18-19H2,1H3,(H,26,29). The average Bonchev–Trinajstić information content (AvgIpc) is 3.29. The molecule has 0 saturated carbocycles. The van der Waals surface area contributed by atoms with Crippen LogP contribution in [0.5, 0.6) is 5.75 Å². The number of benzene rings is 2. The van der Waals surface area contributed by atoms with E-state index in [1.165, 1.54) is 11.1 Å². The Hall–Kier alpha value is -2.57. The Labute approximate surface area is 185 Å². The fraction of sp³-hybridized carbons (Fsp3) is 0.480. The van der Waals surface area contributed by atoms with Crippen LogP contribution in [0.4, 0.5) is 4.79 Å². The first-order chi connectivity index (χ1) is 15.2. The molecule has 6 nitrogen and oxygen atoms in total. The summed E-state index contributed by atoms with van der Waals surface area (Å²) in [4.78, 5) is 17.3. The topological polar surface area (TPSA) is 54.0 Å². The maximum atomic E-state index is 12.9. The average molecular weight is 424 g/mol. The first kappa shape index (κ1) is 21.7. The van der Waals surface area contributed by atoms with Crippen LogP contribution in [0.3, 0.4) is 0 Å². The molecule has 1 unspecified atom stereocenters. The number of carbonyl (C=O) groups excluding carboxylic acids is 1. The van der Waals surface area contributed by atoms with Gasteiger partial charge in [-0.3, -0.25) is 4.90 Å². The number of urea groups is 1. The lowest BCUT2D eigenvalue weighted by atomic mass is 10.0. The molecule has 0 radical (unpaired) electrons. The molecule has 0 aliphatic carbocycles. The van der Waals surface area contributed by atoms with Crippen molar-refractivity contribution in [2.75, 3.05) is 39.5 Å². The smallest absolute Gasteiger partial charge is 0.318 e. The number of rotatable bonds is 7. The van der Waals surface area contributed by atoms with E-state index in [2.05, 4.69) is 46.6 Å². The summed E-state index contributed by atoms with van der Waals surface area (Å²) in [6.07, 6.45) is 2.02. The number of carbonyl (C=O) groups is 1. The molecule has 0 spiro atoms. The number of nitrogens with zero attached hydrogens (tertiary/aromatic N) is 2. The molecule has 2 saturated heterocycles. The number of likely N-dealkylation sites (tertiary alicyclic amines) is 1. The summed E-state index contributed by atoms with van der Waals surface area (Å²) in [5, 5.41) is 3.13. The van der Waals surface area contributed by atoms with Gasteiger partial charge in [0.2, 0.25) is 0 Å². The number of ether oxygens (including phenoxy) is 2. The highest BCUT2D eigenvalue weighted by Crippen LogP contribution is 2.32. The zero-order valence-electron chi connectivity index (χ0n) is 18.4. The largest absolute Gasteiger partial charge is 0.494 e. The fourth-order valence-corrected chi connectivity index (χ4v) is 4.44. The van der Waals surface area contributed by atoms with Crippen LogP contribution < -0.4 is 10.1 Å². The molecule has 2 fully saturated rings. The van der Waals surface area contributed by atoms with Crippen molar-refractivity contribution >= 4 is 6.03 Å². The van der Waals surface area contributed by atoms with Crippen LogP contribution in [0.25, 0.3) is 0 Å². The number of amides is 2. The molecule has 1 atom stereocenters. The van der Waals surface area contributed by atoms with Gasteiger partial charge in [-0.25, -0.2) is 4.79 Å². The second-order valence-electron chi connectivity index (χ2n) is 8.22. The molecule has 0 bridgehead atoms. The molecule has 0 aromatic heterocycles. The highest BCUT2D eigenvalue weighted by Gasteiger charge is 2.29. The van der Waals surface area contributed by atoms with E-state index in [1.807, 2.05) is 24.0 Å². The highest BCUT2D eigenvalue weighted by atomic mass is 16.5. The number of morpholine rings is 1. The predicted octanol–water partition coefficient (Wildman–Crippen LogP) is 3.96. The number of hydrogen-bond donors (Lipinski definition) is 1. The first-order valence-corrected chi connectivity index (χ1v) is 11.4. The van der Waals surface area contributed by atoms with Gasteiger partial charge in [0.15, 0.2) is 0 Å². The van der Waals surface area contributed by atoms with Crippen molar-refractivity contribution in [3.05, 3.63) is 65.2 Å². The maximum absolute atomic E-state index is 12.9. The quantitative estimate of drug-likeness (QED) is 0.732. The van der Waals surface area contributed by atoms with Crippen LogP contribution in [-0.2, 0) is 17.8 Å². The lowest BCUT2D eigenvalue weighted by Crippen LogP contribution is -2.39. The van der Waals surface area contributed by atoms with E-state index in [1.54, 1.807) is 0 Å². The van der Waals surface area contributed by atoms with E-state index in [0.29, 0.717) is 13.2 Å². The zero-order chi connectivity index (χ0) is 21.5. The lowest BCUT2D eigenvalue weighted by molar-refractivity contribution is 0.0342. The van der Waals surface area contributed by atoms with Gasteiger partial charge in [-0.15, -0.1) is 0 Å². The van der Waals surface area contributed by atoms with Crippen LogP contribution in [0.2, 0.25) is 0 Å². The van der Waals surface area contributed by atoms with Crippen molar-refractivity contribution < 1.29 is 14.3 Å². The van der Waals surface area contributed by atoms with Crippen molar-refractivity contribution in [3.8, 4) is 5.75 Å². The highest BCUT2D eigenvalue weighted by molar-refractivity contribution is 5.75. The van der Waals surface area contributed by atoms with Crippen LogP contribution in [0.1, 0.15) is 42.5 Å². The van der Waals surface area contributed by atoms with Gasteiger partial charge >= 0.3 is 6.03 Å². The third-order valence-electron chi connectivity index (χ3n) is 6.03. The van der Waals surface area contributed by atoms with E-state index < -0.39 is 0 Å². The molecule has 2 aliphatic rings. The minimum Gasteiger partial charge on any atom is -0.494 e. The molecule has 4 rings (SSSR count). The van der Waals surface area contributed by atoms with Crippen molar-refractivity contribution in [2.45, 2.75) is 38.9 Å². The third kappa shape index (κ3) is 5.77. The SMILES string of the molecule is CCOc1ccc(C2CCCN2C(=O)NCc2cccc(CN3CCOCC3)c2)cc1. The molecule has 166 valence electrons. The van der Waals surface area contributed by atoms with E-state index in [0.717, 1.165) is 63.5 Å². The molecule has 2 aromatic rings. The fourth-order valence-electron chi connectivity index (χ4n) is 4.44. The molecule has 1 N–H and O–H groups in total. The molecule has 2 amide bonds. The van der Waals surface area contributed by atoms with Gasteiger partial charge in [0.05, 0.1) is 25.9 Å². The van der Waals surface area contributed by atoms with Gasteiger partial charge < -0.3 is 19.7 Å². The van der Waals surface area contributed by atoms with Crippen LogP contribution >= 0.6 is 0 Å². The number of nitrogens with one attached hydrogen (secondary N) is 1. The Balaban J connectivity index is 1.33. The van der Waals surface area contributed by atoms with Crippen molar-refractivity contribution in [3.63, 3.8) is 0 Å². The Morgan fingerprint density at radius 1 is 1.10 bits per heavy atom. The van der Waals surface area contributed by atoms with Crippen molar-refractivity contribution in [2.24, 2.45) is 0 Å². The Kier molecular flexibility index (Phi) is 7.43. The lowest BCUT2D eigenvalue weighted by Gasteiger charge is -2.27. The summed E-state index contributed by atoms with van der Waals surface area (Å²) < 4.78 is 11.0. The van der Waals surface area contributed by atoms with Gasteiger partial charge in [-0.1, -0.05) is 36.4 Å². The van der Waals surface area contributed by atoms with Crippen molar-refractivity contribution in [1.29, 1.82) is 0 Å². The van der Waals surface area contributed by atoms with Gasteiger partial charge in [-0.2, -0.15) is 0 Å². The summed E-state index contributed by atoms with van der Waals surface area (Å²) >= 11 is 0. The van der Waals surface area contributed by atoms with Crippen LogP contribution in [-0.4, -0.2) is 55.3 Å². The van der Waals surface area contributed by atoms with Gasteiger partial charge in [0.1, 0.15) is 5.75 Å². The van der Waals surface area contributed by atoms with Crippen molar-refractivity contribution in [1.82, 2.24) is 15.1 Å². The second-order valence-corrected chi connectivity index (χ2v) is 8.22. The zero-order valence-corrected chi connectivity index (χ0v) is 18.4. The van der Waals surface area contributed by atoms with Gasteiger partial charge in [0, 0.05) is 32.7 Å². The summed E-state index contributed by atoms with van der Waals surface area (Å²) in [6.45, 7) is 8.47. The summed E-state index contributed by atoms with van der Waals surface area (Å²) in [5.74, 6) is 0.872. The van der Waals surface area contributed by atoms with Crippen LogP contribution in [0, 0.1) is 0 Å². The molecule has 2 aliphatic heterocycles. The van der Waals surface area contributed by atoms with Gasteiger partial charge in [0.25, 0.3) is 0 Å². The molecule has 2 heterocycles. The molecule has 2 aromatic carbocycles. The predicted molar refractivity (Wildman–Crippen MR) is 121 cm³/mol. The number of hydrogen-bond acceptors (Lipinski definition) is 4. The summed E-state index contributed by atoms with van der Waals surface area (Å²) in [5.41, 5.74) is 3.58. The second kappa shape index (κ2) is 10.6. The molecule has 6 heteroatoms. The molecular formula is C25H33N3O3. The van der Waals surface area contributed by atoms with Gasteiger partial charge in [-0.05, 0) is 48.6 Å². The summed E-state index contributed by atoms with van der Waals surface area (Å²) in [6, 6.07) is 16.8. The maximum Gasteiger partial charge on any atom is 0.318 e. The minimum absolute atomic E-state index is 0.00923. The molecule has 31 heavy (non-hydrogen) atoms. The van der Waals surface area contributed by atoms with Crippen LogP contribution in [0.15, 0.2) is 48.5 Å². The third-order valence-corrected chi connectivity index (χ3v) is 6.03. The first-order valence-electron chi connectivity index (χ1n) is 11.4. The Morgan fingerprint density at radius 2 is 1.87 bits per heavy atom. The Morgan fingerprint density at radius 3 is 2.65 bits per heavy atom. The monoisotopic (exact) mass is 423 g/mol. The van der Waals surface area contributed by atoms with E-state index >= 15 is 0 Å². The Bertz CT molecular complexity index is 849. The normalized spacial score (nSPS) is 19.4. The summed E-state index contributed by atoms with van der Waals surface area (Å²) in [7, 11) is 0. The van der Waals surface area contributed by atoms with E-state index in [-0.39, 0.29) is 12.1 Å². The van der Waals surface area contributed by atoms with E-state index in [9.17, 15) is 4.79 Å². The molecular weight excluding hydrogens is 390 g/mol.